The van der Waals surface area contributed by atoms with Gasteiger partial charge in [-0.25, -0.2) is 9.97 Å². The topological polar surface area (TPSA) is 58.8 Å². The van der Waals surface area contributed by atoms with Crippen molar-refractivity contribution in [3.63, 3.8) is 0 Å². The summed E-state index contributed by atoms with van der Waals surface area (Å²) in [6.45, 7) is 6.27. The first-order chi connectivity index (χ1) is 10.1. The van der Waals surface area contributed by atoms with Crippen LogP contribution in [0.25, 0.3) is 0 Å². The number of nitriles is 1. The number of hydrogen-bond acceptors (Lipinski definition) is 5. The van der Waals surface area contributed by atoms with Crippen molar-refractivity contribution in [3.05, 3.63) is 46.9 Å². The highest BCUT2D eigenvalue weighted by Crippen LogP contribution is 2.22. The molecular formula is C16H17N3OS. The minimum Gasteiger partial charge on any atom is -0.493 e. The third-order valence-corrected chi connectivity index (χ3v) is 3.80. The van der Waals surface area contributed by atoms with E-state index in [1.165, 1.54) is 17.3 Å². The molecule has 108 valence electrons. The van der Waals surface area contributed by atoms with Gasteiger partial charge in [-0.05, 0) is 38.5 Å². The standard InChI is InChI=1S/C16H17N3OS/c1-11-5-4-6-14(9-11)20-7-8-21-16-15(10-17)12(2)18-13(3)19-16/h4-6,9H,7-8H2,1-3H3. The number of thioether (sulfide) groups is 1. The first-order valence-corrected chi connectivity index (χ1v) is 7.66. The highest BCUT2D eigenvalue weighted by Gasteiger charge is 2.10. The number of ether oxygens (including phenoxy) is 1. The summed E-state index contributed by atoms with van der Waals surface area (Å²) in [5.74, 6) is 2.29. The van der Waals surface area contributed by atoms with E-state index < -0.39 is 0 Å². The molecule has 0 aliphatic heterocycles. The molecule has 0 unspecified atom stereocenters. The van der Waals surface area contributed by atoms with Crippen LogP contribution >= 0.6 is 11.8 Å². The van der Waals surface area contributed by atoms with E-state index in [0.717, 1.165) is 22.2 Å². The Balaban J connectivity index is 1.94. The van der Waals surface area contributed by atoms with Crippen molar-refractivity contribution >= 4 is 11.8 Å². The van der Waals surface area contributed by atoms with E-state index in [4.69, 9.17) is 4.74 Å². The largest absolute Gasteiger partial charge is 0.493 e. The summed E-state index contributed by atoms with van der Waals surface area (Å²) < 4.78 is 5.70. The Morgan fingerprint density at radius 1 is 1.24 bits per heavy atom. The van der Waals surface area contributed by atoms with Crippen molar-refractivity contribution in [2.75, 3.05) is 12.4 Å². The average Bonchev–Trinajstić information content (AvgIpc) is 2.43. The quantitative estimate of drug-likeness (QED) is 0.481. The molecule has 0 saturated carbocycles. The van der Waals surface area contributed by atoms with E-state index in [9.17, 15) is 5.26 Å². The van der Waals surface area contributed by atoms with Crippen LogP contribution in [0.15, 0.2) is 29.3 Å². The zero-order valence-electron chi connectivity index (χ0n) is 12.4. The molecule has 0 amide bonds. The summed E-state index contributed by atoms with van der Waals surface area (Å²) in [6.07, 6.45) is 0. The van der Waals surface area contributed by atoms with Crippen LogP contribution in [0.4, 0.5) is 0 Å². The molecule has 0 aliphatic carbocycles. The van der Waals surface area contributed by atoms with Gasteiger partial charge >= 0.3 is 0 Å². The van der Waals surface area contributed by atoms with Gasteiger partial charge in [0.25, 0.3) is 0 Å². The lowest BCUT2D eigenvalue weighted by Gasteiger charge is -2.08. The molecule has 0 radical (unpaired) electrons. The Morgan fingerprint density at radius 2 is 2.05 bits per heavy atom. The van der Waals surface area contributed by atoms with Crippen LogP contribution in [0.3, 0.4) is 0 Å². The molecule has 0 bridgehead atoms. The van der Waals surface area contributed by atoms with Gasteiger partial charge in [0.2, 0.25) is 0 Å². The normalized spacial score (nSPS) is 10.2. The smallest absolute Gasteiger partial charge is 0.126 e. The van der Waals surface area contributed by atoms with E-state index in [2.05, 4.69) is 16.0 Å². The molecule has 21 heavy (non-hydrogen) atoms. The summed E-state index contributed by atoms with van der Waals surface area (Å²) in [6, 6.07) is 10.1. The van der Waals surface area contributed by atoms with E-state index in [1.54, 1.807) is 0 Å². The third kappa shape index (κ3) is 4.20. The maximum Gasteiger partial charge on any atom is 0.126 e. The monoisotopic (exact) mass is 299 g/mol. The Labute approximate surface area is 129 Å². The number of benzene rings is 1. The highest BCUT2D eigenvalue weighted by molar-refractivity contribution is 7.99. The molecule has 1 aromatic heterocycles. The Morgan fingerprint density at radius 3 is 2.76 bits per heavy atom. The lowest BCUT2D eigenvalue weighted by molar-refractivity contribution is 0.343. The van der Waals surface area contributed by atoms with Crippen LogP contribution < -0.4 is 4.74 Å². The van der Waals surface area contributed by atoms with Gasteiger partial charge in [0.1, 0.15) is 28.2 Å². The van der Waals surface area contributed by atoms with Gasteiger partial charge in [0.05, 0.1) is 12.3 Å². The number of aryl methyl sites for hydroxylation is 3. The van der Waals surface area contributed by atoms with Crippen LogP contribution in [0, 0.1) is 32.1 Å². The second-order valence-electron chi connectivity index (χ2n) is 4.66. The van der Waals surface area contributed by atoms with Gasteiger partial charge in [-0.1, -0.05) is 12.1 Å². The van der Waals surface area contributed by atoms with Crippen LogP contribution in [-0.4, -0.2) is 22.3 Å². The SMILES string of the molecule is Cc1cccc(OCCSc2nc(C)nc(C)c2C#N)c1. The van der Waals surface area contributed by atoms with Crippen molar-refractivity contribution in [1.29, 1.82) is 5.26 Å². The fourth-order valence-electron chi connectivity index (χ4n) is 1.92. The zero-order valence-corrected chi connectivity index (χ0v) is 13.2. The molecule has 2 aromatic rings. The van der Waals surface area contributed by atoms with Crippen molar-refractivity contribution in [1.82, 2.24) is 9.97 Å². The van der Waals surface area contributed by atoms with Gasteiger partial charge in [0, 0.05) is 5.75 Å². The molecule has 0 fully saturated rings. The van der Waals surface area contributed by atoms with Crippen LogP contribution in [0.5, 0.6) is 5.75 Å². The second kappa shape index (κ2) is 7.09. The van der Waals surface area contributed by atoms with Crippen LogP contribution in [0.2, 0.25) is 0 Å². The van der Waals surface area contributed by atoms with E-state index in [-0.39, 0.29) is 0 Å². The minimum atomic E-state index is 0.557. The molecule has 1 aromatic carbocycles. The summed E-state index contributed by atoms with van der Waals surface area (Å²) >= 11 is 1.52. The van der Waals surface area contributed by atoms with Crippen molar-refractivity contribution < 1.29 is 4.74 Å². The Kier molecular flexibility index (Phi) is 5.18. The Bertz CT molecular complexity index is 680. The molecule has 0 saturated heterocycles. The number of rotatable bonds is 5. The third-order valence-electron chi connectivity index (χ3n) is 2.86. The fourth-order valence-corrected chi connectivity index (χ4v) is 2.81. The maximum atomic E-state index is 9.18. The number of aromatic nitrogens is 2. The summed E-state index contributed by atoms with van der Waals surface area (Å²) in [5.41, 5.74) is 2.46. The van der Waals surface area contributed by atoms with Gasteiger partial charge in [-0.3, -0.25) is 0 Å². The maximum absolute atomic E-state index is 9.18. The van der Waals surface area contributed by atoms with E-state index >= 15 is 0 Å². The second-order valence-corrected chi connectivity index (χ2v) is 5.75. The number of hydrogen-bond donors (Lipinski definition) is 0. The van der Waals surface area contributed by atoms with Crippen molar-refractivity contribution in [2.45, 2.75) is 25.8 Å². The molecule has 0 N–H and O–H groups in total. The van der Waals surface area contributed by atoms with Gasteiger partial charge in [-0.2, -0.15) is 5.26 Å². The predicted molar refractivity (Wildman–Crippen MR) is 83.6 cm³/mol. The minimum absolute atomic E-state index is 0.557. The summed E-state index contributed by atoms with van der Waals surface area (Å²) in [4.78, 5) is 8.55. The summed E-state index contributed by atoms with van der Waals surface area (Å²) in [5, 5.41) is 9.91. The molecule has 2 rings (SSSR count). The first-order valence-electron chi connectivity index (χ1n) is 6.67. The first kappa shape index (κ1) is 15.3. The molecule has 0 spiro atoms. The van der Waals surface area contributed by atoms with Crippen molar-refractivity contribution in [2.24, 2.45) is 0 Å². The van der Waals surface area contributed by atoms with Crippen LogP contribution in [0.1, 0.15) is 22.6 Å². The van der Waals surface area contributed by atoms with E-state index in [0.29, 0.717) is 18.0 Å². The van der Waals surface area contributed by atoms with E-state index in [1.807, 2.05) is 45.0 Å². The lowest BCUT2D eigenvalue weighted by Crippen LogP contribution is -2.03. The van der Waals surface area contributed by atoms with Crippen LogP contribution in [-0.2, 0) is 0 Å². The molecule has 4 nitrogen and oxygen atoms in total. The fraction of sp³-hybridized carbons (Fsp3) is 0.312. The molecule has 1 heterocycles. The molecule has 0 aliphatic rings. The van der Waals surface area contributed by atoms with Gasteiger partial charge < -0.3 is 4.74 Å². The predicted octanol–water partition coefficient (Wildman–Crippen LogP) is 3.44. The summed E-state index contributed by atoms with van der Waals surface area (Å²) in [7, 11) is 0. The molecular weight excluding hydrogens is 282 g/mol. The zero-order chi connectivity index (χ0) is 15.2. The molecule has 0 atom stereocenters. The number of nitrogens with zero attached hydrogens (tertiary/aromatic N) is 3. The lowest BCUT2D eigenvalue weighted by atomic mass is 10.2. The van der Waals surface area contributed by atoms with Gasteiger partial charge in [-0.15, -0.1) is 11.8 Å². The van der Waals surface area contributed by atoms with Gasteiger partial charge in [0.15, 0.2) is 0 Å². The average molecular weight is 299 g/mol. The van der Waals surface area contributed by atoms with Crippen molar-refractivity contribution in [3.8, 4) is 11.8 Å². The molecule has 5 heteroatoms. The highest BCUT2D eigenvalue weighted by atomic mass is 32.2. The Hall–Kier alpha value is -2.06.